The number of hydrogen-bond donors (Lipinski definition) is 2. The molecule has 0 unspecified atom stereocenters. The zero-order valence-electron chi connectivity index (χ0n) is 16.4. The van der Waals surface area contributed by atoms with Crippen LogP contribution in [0.15, 0.2) is 54.6 Å². The largest absolute Gasteiger partial charge is 0.455 e. The molecule has 0 aromatic heterocycles. The van der Waals surface area contributed by atoms with E-state index in [9.17, 15) is 14.4 Å². The molecular formula is C22H26N2O4. The summed E-state index contributed by atoms with van der Waals surface area (Å²) < 4.78 is 5.11. The molecule has 0 bridgehead atoms. The fourth-order valence-corrected chi connectivity index (χ4v) is 2.86. The Hall–Kier alpha value is -3.15. The first-order valence-electron chi connectivity index (χ1n) is 9.23. The Bertz CT molecular complexity index is 818. The van der Waals surface area contributed by atoms with Crippen LogP contribution in [-0.2, 0) is 19.1 Å². The van der Waals surface area contributed by atoms with Gasteiger partial charge in [0.1, 0.15) is 0 Å². The van der Waals surface area contributed by atoms with Gasteiger partial charge < -0.3 is 15.4 Å². The third-order valence-electron chi connectivity index (χ3n) is 4.17. The molecular weight excluding hydrogens is 356 g/mol. The molecule has 0 aliphatic rings. The first-order chi connectivity index (χ1) is 13.4. The topological polar surface area (TPSA) is 84.5 Å². The van der Waals surface area contributed by atoms with Crippen molar-refractivity contribution in [3.63, 3.8) is 0 Å². The third-order valence-corrected chi connectivity index (χ3v) is 4.17. The van der Waals surface area contributed by atoms with E-state index in [1.807, 2.05) is 68.4 Å². The Balaban J connectivity index is 1.92. The number of carbonyl (C=O) groups excluding carboxylic acids is 3. The minimum atomic E-state index is -0.560. The minimum absolute atomic E-state index is 0.0561. The van der Waals surface area contributed by atoms with Gasteiger partial charge in [-0.3, -0.25) is 14.4 Å². The summed E-state index contributed by atoms with van der Waals surface area (Å²) in [4.78, 5) is 35.8. The molecule has 0 aliphatic heterocycles. The SMILES string of the molecule is CC(=O)N[C@H](CC(=O)OCC(=O)Nc1ccccc1C(C)C)c1ccccc1. The van der Waals surface area contributed by atoms with Gasteiger partial charge in [0.15, 0.2) is 6.61 Å². The van der Waals surface area contributed by atoms with Crippen molar-refractivity contribution in [1.29, 1.82) is 0 Å². The molecule has 0 radical (unpaired) electrons. The molecule has 2 aromatic carbocycles. The number of nitrogens with one attached hydrogen (secondary N) is 2. The summed E-state index contributed by atoms with van der Waals surface area (Å²) in [6.45, 7) is 5.08. The van der Waals surface area contributed by atoms with Crippen molar-refractivity contribution in [2.45, 2.75) is 39.2 Å². The molecule has 0 heterocycles. The van der Waals surface area contributed by atoms with Gasteiger partial charge in [-0.15, -0.1) is 0 Å². The van der Waals surface area contributed by atoms with E-state index in [2.05, 4.69) is 10.6 Å². The first kappa shape index (κ1) is 21.2. The van der Waals surface area contributed by atoms with Gasteiger partial charge in [-0.2, -0.15) is 0 Å². The van der Waals surface area contributed by atoms with Gasteiger partial charge in [0.25, 0.3) is 5.91 Å². The van der Waals surface area contributed by atoms with Crippen LogP contribution in [0.1, 0.15) is 50.3 Å². The lowest BCUT2D eigenvalue weighted by molar-refractivity contribution is -0.148. The van der Waals surface area contributed by atoms with Gasteiger partial charge in [0, 0.05) is 12.6 Å². The number of amides is 2. The number of ether oxygens (including phenoxy) is 1. The zero-order valence-corrected chi connectivity index (χ0v) is 16.4. The maximum Gasteiger partial charge on any atom is 0.308 e. The summed E-state index contributed by atoms with van der Waals surface area (Å²) in [5, 5.41) is 5.51. The monoisotopic (exact) mass is 382 g/mol. The number of anilines is 1. The van der Waals surface area contributed by atoms with Gasteiger partial charge in [-0.05, 0) is 23.1 Å². The normalized spacial score (nSPS) is 11.6. The summed E-state index contributed by atoms with van der Waals surface area (Å²) in [5.41, 5.74) is 2.51. The van der Waals surface area contributed by atoms with Crippen molar-refractivity contribution < 1.29 is 19.1 Å². The molecule has 6 heteroatoms. The highest BCUT2D eigenvalue weighted by Crippen LogP contribution is 2.23. The number of rotatable bonds is 8. The molecule has 0 fully saturated rings. The number of esters is 1. The smallest absolute Gasteiger partial charge is 0.308 e. The van der Waals surface area contributed by atoms with E-state index < -0.39 is 17.9 Å². The van der Waals surface area contributed by atoms with Gasteiger partial charge in [-0.1, -0.05) is 62.4 Å². The maximum absolute atomic E-state index is 12.2. The Morgan fingerprint density at radius 3 is 2.25 bits per heavy atom. The Kier molecular flexibility index (Phi) is 7.75. The molecule has 2 aromatic rings. The zero-order chi connectivity index (χ0) is 20.5. The molecule has 2 N–H and O–H groups in total. The molecule has 2 amide bonds. The van der Waals surface area contributed by atoms with Gasteiger partial charge in [-0.25, -0.2) is 0 Å². The van der Waals surface area contributed by atoms with Crippen LogP contribution in [0.25, 0.3) is 0 Å². The van der Waals surface area contributed by atoms with E-state index in [4.69, 9.17) is 4.74 Å². The molecule has 1 atom stereocenters. The highest BCUT2D eigenvalue weighted by Gasteiger charge is 2.19. The second-order valence-electron chi connectivity index (χ2n) is 6.82. The average molecular weight is 382 g/mol. The standard InChI is InChI=1S/C22H26N2O4/c1-15(2)18-11-7-8-12-19(18)24-21(26)14-28-22(27)13-20(23-16(3)25)17-9-5-4-6-10-17/h4-12,15,20H,13-14H2,1-3H3,(H,23,25)(H,24,26)/t20-/m1/s1. The van der Waals surface area contributed by atoms with E-state index in [1.165, 1.54) is 6.92 Å². The highest BCUT2D eigenvalue weighted by atomic mass is 16.5. The van der Waals surface area contributed by atoms with Crippen LogP contribution in [0.2, 0.25) is 0 Å². The Morgan fingerprint density at radius 1 is 0.964 bits per heavy atom. The van der Waals surface area contributed by atoms with Crippen molar-refractivity contribution >= 4 is 23.5 Å². The van der Waals surface area contributed by atoms with Crippen molar-refractivity contribution in [2.75, 3.05) is 11.9 Å². The second-order valence-corrected chi connectivity index (χ2v) is 6.82. The fourth-order valence-electron chi connectivity index (χ4n) is 2.86. The molecule has 0 spiro atoms. The van der Waals surface area contributed by atoms with Crippen LogP contribution in [0.3, 0.4) is 0 Å². The molecule has 28 heavy (non-hydrogen) atoms. The predicted molar refractivity (Wildman–Crippen MR) is 108 cm³/mol. The van der Waals surface area contributed by atoms with E-state index in [0.717, 1.165) is 11.1 Å². The summed E-state index contributed by atoms with van der Waals surface area (Å²) >= 11 is 0. The van der Waals surface area contributed by atoms with Gasteiger partial charge in [0.05, 0.1) is 12.5 Å². The van der Waals surface area contributed by atoms with E-state index >= 15 is 0 Å². The summed E-state index contributed by atoms with van der Waals surface area (Å²) in [5.74, 6) is -0.958. The van der Waals surface area contributed by atoms with Crippen LogP contribution in [-0.4, -0.2) is 24.4 Å². The number of hydrogen-bond acceptors (Lipinski definition) is 4. The fraction of sp³-hybridized carbons (Fsp3) is 0.318. The van der Waals surface area contributed by atoms with E-state index in [-0.39, 0.29) is 24.9 Å². The van der Waals surface area contributed by atoms with E-state index in [0.29, 0.717) is 5.69 Å². The summed E-state index contributed by atoms with van der Waals surface area (Å²) in [6.07, 6.45) is -0.0561. The Labute approximate surface area is 165 Å². The molecule has 0 saturated heterocycles. The minimum Gasteiger partial charge on any atom is -0.455 e. The third kappa shape index (κ3) is 6.54. The lowest BCUT2D eigenvalue weighted by atomic mass is 10.0. The lowest BCUT2D eigenvalue weighted by Crippen LogP contribution is -2.29. The van der Waals surface area contributed by atoms with Crippen molar-refractivity contribution in [3.05, 3.63) is 65.7 Å². The first-order valence-corrected chi connectivity index (χ1v) is 9.23. The molecule has 0 saturated carbocycles. The van der Waals surface area contributed by atoms with E-state index in [1.54, 1.807) is 0 Å². The number of benzene rings is 2. The number of carbonyl (C=O) groups is 3. The molecule has 0 aliphatic carbocycles. The van der Waals surface area contributed by atoms with Gasteiger partial charge in [0.2, 0.25) is 5.91 Å². The number of para-hydroxylation sites is 1. The summed E-state index contributed by atoms with van der Waals surface area (Å²) in [7, 11) is 0. The highest BCUT2D eigenvalue weighted by molar-refractivity contribution is 5.93. The quantitative estimate of drug-likeness (QED) is 0.684. The molecule has 148 valence electrons. The van der Waals surface area contributed by atoms with Crippen LogP contribution < -0.4 is 10.6 Å². The molecule has 6 nitrogen and oxygen atoms in total. The van der Waals surface area contributed by atoms with Crippen LogP contribution in [0.5, 0.6) is 0 Å². The average Bonchev–Trinajstić information content (AvgIpc) is 2.66. The molecule has 2 rings (SSSR count). The van der Waals surface area contributed by atoms with Crippen LogP contribution >= 0.6 is 0 Å². The Morgan fingerprint density at radius 2 is 1.61 bits per heavy atom. The van der Waals surface area contributed by atoms with Crippen molar-refractivity contribution in [2.24, 2.45) is 0 Å². The van der Waals surface area contributed by atoms with Crippen molar-refractivity contribution in [3.8, 4) is 0 Å². The summed E-state index contributed by atoms with van der Waals surface area (Å²) in [6, 6.07) is 16.2. The predicted octanol–water partition coefficient (Wildman–Crippen LogP) is 3.56. The van der Waals surface area contributed by atoms with Gasteiger partial charge >= 0.3 is 5.97 Å². The second kappa shape index (κ2) is 10.3. The van der Waals surface area contributed by atoms with Crippen molar-refractivity contribution in [1.82, 2.24) is 5.32 Å². The van der Waals surface area contributed by atoms with Crippen LogP contribution in [0.4, 0.5) is 5.69 Å². The maximum atomic E-state index is 12.2. The van der Waals surface area contributed by atoms with Crippen LogP contribution in [0, 0.1) is 0 Å². The lowest BCUT2D eigenvalue weighted by Gasteiger charge is -2.18.